The SMILES string of the molecule is Cc1c[nH]cc1C(=O)N1CCNCC1c1cccc(F)c1.Cl. The van der Waals surface area contributed by atoms with E-state index < -0.39 is 0 Å². The molecule has 0 aliphatic carbocycles. The average Bonchev–Trinajstić information content (AvgIpc) is 2.93. The summed E-state index contributed by atoms with van der Waals surface area (Å²) in [4.78, 5) is 17.5. The number of piperazine rings is 1. The predicted molar refractivity (Wildman–Crippen MR) is 85.8 cm³/mol. The molecule has 1 amide bonds. The minimum atomic E-state index is -0.275. The topological polar surface area (TPSA) is 48.1 Å². The van der Waals surface area contributed by atoms with E-state index in [1.807, 2.05) is 24.1 Å². The summed E-state index contributed by atoms with van der Waals surface area (Å²) in [5.74, 6) is -0.284. The molecule has 2 heterocycles. The van der Waals surface area contributed by atoms with Crippen molar-refractivity contribution in [3.8, 4) is 0 Å². The Morgan fingerprint density at radius 2 is 2.18 bits per heavy atom. The molecule has 118 valence electrons. The predicted octanol–water partition coefficient (Wildman–Crippen LogP) is 2.67. The van der Waals surface area contributed by atoms with Gasteiger partial charge in [0.2, 0.25) is 0 Å². The molecule has 1 saturated heterocycles. The van der Waals surface area contributed by atoms with Gasteiger partial charge in [-0.15, -0.1) is 12.4 Å². The largest absolute Gasteiger partial charge is 0.367 e. The van der Waals surface area contributed by atoms with E-state index in [2.05, 4.69) is 10.3 Å². The first kappa shape index (κ1) is 16.5. The number of benzene rings is 1. The van der Waals surface area contributed by atoms with Gasteiger partial charge >= 0.3 is 0 Å². The number of amides is 1. The maximum Gasteiger partial charge on any atom is 0.256 e. The third kappa shape index (κ3) is 3.15. The van der Waals surface area contributed by atoms with Gasteiger partial charge in [0.05, 0.1) is 11.6 Å². The van der Waals surface area contributed by atoms with Gasteiger partial charge < -0.3 is 15.2 Å². The first-order valence-electron chi connectivity index (χ1n) is 7.07. The Morgan fingerprint density at radius 1 is 1.36 bits per heavy atom. The summed E-state index contributed by atoms with van der Waals surface area (Å²) in [6, 6.07) is 6.33. The van der Waals surface area contributed by atoms with Crippen molar-refractivity contribution in [1.82, 2.24) is 15.2 Å². The zero-order valence-corrected chi connectivity index (χ0v) is 13.1. The fraction of sp³-hybridized carbons (Fsp3) is 0.312. The number of aryl methyl sites for hydroxylation is 1. The number of aromatic amines is 1. The molecule has 0 radical (unpaired) electrons. The van der Waals surface area contributed by atoms with Crippen LogP contribution in [-0.4, -0.2) is 35.4 Å². The maximum absolute atomic E-state index is 13.5. The molecule has 3 rings (SSSR count). The molecule has 1 aliphatic rings. The zero-order chi connectivity index (χ0) is 14.8. The molecule has 1 aromatic carbocycles. The van der Waals surface area contributed by atoms with Crippen molar-refractivity contribution in [1.29, 1.82) is 0 Å². The van der Waals surface area contributed by atoms with E-state index in [0.29, 0.717) is 18.7 Å². The van der Waals surface area contributed by atoms with Gasteiger partial charge in [0.25, 0.3) is 5.91 Å². The van der Waals surface area contributed by atoms with Crippen LogP contribution < -0.4 is 5.32 Å². The molecule has 6 heteroatoms. The Hall–Kier alpha value is -1.85. The molecular weight excluding hydrogens is 305 g/mol. The molecule has 1 aromatic heterocycles. The lowest BCUT2D eigenvalue weighted by Crippen LogP contribution is -2.48. The monoisotopic (exact) mass is 323 g/mol. The normalized spacial score (nSPS) is 17.9. The Morgan fingerprint density at radius 3 is 2.86 bits per heavy atom. The quantitative estimate of drug-likeness (QED) is 0.892. The second-order valence-corrected chi connectivity index (χ2v) is 5.33. The number of nitrogens with one attached hydrogen (secondary N) is 2. The number of rotatable bonds is 2. The Balaban J connectivity index is 0.00000176. The van der Waals surface area contributed by atoms with Crippen LogP contribution in [0.3, 0.4) is 0 Å². The fourth-order valence-electron chi connectivity index (χ4n) is 2.79. The highest BCUT2D eigenvalue weighted by Crippen LogP contribution is 2.25. The van der Waals surface area contributed by atoms with Gasteiger partial charge in [0.15, 0.2) is 0 Å². The molecule has 2 N–H and O–H groups in total. The lowest BCUT2D eigenvalue weighted by atomic mass is 10.0. The van der Waals surface area contributed by atoms with Gasteiger partial charge in [0.1, 0.15) is 5.82 Å². The van der Waals surface area contributed by atoms with Crippen molar-refractivity contribution in [3.05, 3.63) is 59.2 Å². The van der Waals surface area contributed by atoms with E-state index in [1.54, 1.807) is 12.3 Å². The second kappa shape index (κ2) is 6.94. The van der Waals surface area contributed by atoms with Crippen LogP contribution in [0.25, 0.3) is 0 Å². The van der Waals surface area contributed by atoms with Crippen molar-refractivity contribution in [3.63, 3.8) is 0 Å². The van der Waals surface area contributed by atoms with Crippen LogP contribution in [0.5, 0.6) is 0 Å². The smallest absolute Gasteiger partial charge is 0.256 e. The molecular formula is C16H19ClFN3O. The molecule has 1 atom stereocenters. The number of carbonyl (C=O) groups is 1. The number of H-pyrrole nitrogens is 1. The first-order chi connectivity index (χ1) is 10.2. The lowest BCUT2D eigenvalue weighted by molar-refractivity contribution is 0.0633. The summed E-state index contributed by atoms with van der Waals surface area (Å²) in [6.07, 6.45) is 3.54. The maximum atomic E-state index is 13.5. The molecule has 4 nitrogen and oxygen atoms in total. The minimum absolute atomic E-state index is 0. The highest BCUT2D eigenvalue weighted by molar-refractivity contribution is 5.95. The van der Waals surface area contributed by atoms with E-state index in [1.165, 1.54) is 12.1 Å². The van der Waals surface area contributed by atoms with Crippen molar-refractivity contribution in [2.45, 2.75) is 13.0 Å². The number of halogens is 2. The molecule has 1 fully saturated rings. The van der Waals surface area contributed by atoms with Crippen LogP contribution in [-0.2, 0) is 0 Å². The number of aromatic nitrogens is 1. The second-order valence-electron chi connectivity index (χ2n) is 5.33. The number of nitrogens with zero attached hydrogens (tertiary/aromatic N) is 1. The summed E-state index contributed by atoms with van der Waals surface area (Å²) in [6.45, 7) is 3.91. The van der Waals surface area contributed by atoms with Crippen LogP contribution in [0.1, 0.15) is 27.5 Å². The van der Waals surface area contributed by atoms with E-state index in [9.17, 15) is 9.18 Å². The van der Waals surface area contributed by atoms with Crippen LogP contribution in [0.4, 0.5) is 4.39 Å². The highest BCUT2D eigenvalue weighted by Gasteiger charge is 2.29. The van der Waals surface area contributed by atoms with E-state index in [4.69, 9.17) is 0 Å². The minimum Gasteiger partial charge on any atom is -0.367 e. The average molecular weight is 324 g/mol. The standard InChI is InChI=1S/C16H18FN3O.ClH/c1-11-8-19-9-14(11)16(21)20-6-5-18-10-15(20)12-3-2-4-13(17)7-12;/h2-4,7-9,15,18-19H,5-6,10H2,1H3;1H. The molecule has 2 aromatic rings. The number of hydrogen-bond donors (Lipinski definition) is 2. The number of carbonyl (C=O) groups excluding carboxylic acids is 1. The van der Waals surface area contributed by atoms with Crippen LogP contribution in [0, 0.1) is 12.7 Å². The van der Waals surface area contributed by atoms with Gasteiger partial charge in [-0.1, -0.05) is 12.1 Å². The molecule has 0 saturated carbocycles. The van der Waals surface area contributed by atoms with Crippen molar-refractivity contribution >= 4 is 18.3 Å². The van der Waals surface area contributed by atoms with Crippen molar-refractivity contribution < 1.29 is 9.18 Å². The van der Waals surface area contributed by atoms with Gasteiger partial charge in [-0.25, -0.2) is 4.39 Å². The third-order valence-corrected chi connectivity index (χ3v) is 3.92. The summed E-state index contributed by atoms with van der Waals surface area (Å²) < 4.78 is 13.5. The molecule has 1 unspecified atom stereocenters. The molecule has 1 aliphatic heterocycles. The summed E-state index contributed by atoms with van der Waals surface area (Å²) in [7, 11) is 0. The summed E-state index contributed by atoms with van der Waals surface area (Å²) in [5, 5.41) is 3.27. The van der Waals surface area contributed by atoms with Crippen LogP contribution in [0.15, 0.2) is 36.7 Å². The van der Waals surface area contributed by atoms with Crippen LogP contribution >= 0.6 is 12.4 Å². The third-order valence-electron chi connectivity index (χ3n) is 3.92. The Labute approximate surface area is 135 Å². The lowest BCUT2D eigenvalue weighted by Gasteiger charge is -2.36. The Kier molecular flexibility index (Phi) is 5.21. The van der Waals surface area contributed by atoms with E-state index >= 15 is 0 Å². The van der Waals surface area contributed by atoms with Crippen molar-refractivity contribution in [2.75, 3.05) is 19.6 Å². The first-order valence-corrected chi connectivity index (χ1v) is 7.07. The summed E-state index contributed by atoms with van der Waals surface area (Å²) >= 11 is 0. The zero-order valence-electron chi connectivity index (χ0n) is 12.3. The molecule has 0 spiro atoms. The fourth-order valence-corrected chi connectivity index (χ4v) is 2.79. The van der Waals surface area contributed by atoms with E-state index in [0.717, 1.165) is 17.7 Å². The number of hydrogen-bond acceptors (Lipinski definition) is 2. The summed E-state index contributed by atoms with van der Waals surface area (Å²) in [5.41, 5.74) is 2.43. The molecule has 0 bridgehead atoms. The van der Waals surface area contributed by atoms with Crippen molar-refractivity contribution in [2.24, 2.45) is 0 Å². The van der Waals surface area contributed by atoms with Gasteiger partial charge in [0, 0.05) is 32.0 Å². The Bertz CT molecular complexity index is 658. The van der Waals surface area contributed by atoms with Crippen LogP contribution in [0.2, 0.25) is 0 Å². The van der Waals surface area contributed by atoms with Gasteiger partial charge in [-0.3, -0.25) is 4.79 Å². The molecule has 22 heavy (non-hydrogen) atoms. The highest BCUT2D eigenvalue weighted by atomic mass is 35.5. The van der Waals surface area contributed by atoms with Gasteiger partial charge in [-0.2, -0.15) is 0 Å². The van der Waals surface area contributed by atoms with Gasteiger partial charge in [-0.05, 0) is 30.2 Å². The van der Waals surface area contributed by atoms with E-state index in [-0.39, 0.29) is 30.2 Å².